The van der Waals surface area contributed by atoms with E-state index in [9.17, 15) is 13.2 Å². The molecule has 0 heterocycles. The lowest BCUT2D eigenvalue weighted by molar-refractivity contribution is -0.119. The van der Waals surface area contributed by atoms with Gasteiger partial charge in [0.2, 0.25) is 15.9 Å². The van der Waals surface area contributed by atoms with Crippen molar-refractivity contribution in [1.29, 1.82) is 0 Å². The largest absolute Gasteiger partial charge is 0.494 e. The van der Waals surface area contributed by atoms with Crippen LogP contribution in [0.5, 0.6) is 11.5 Å². The summed E-state index contributed by atoms with van der Waals surface area (Å²) in [4.78, 5) is 12.4. The van der Waals surface area contributed by atoms with Gasteiger partial charge in [0, 0.05) is 0 Å². The minimum Gasteiger partial charge on any atom is -0.494 e. The van der Waals surface area contributed by atoms with Gasteiger partial charge in [0.25, 0.3) is 0 Å². The standard InChI is InChI=1S/C24H34N2O5S/c1-6-16-30-22-13-9-20(10-14-22)26(32(5,28)29)18-23(27)25-15-17-31-21-11-7-19(8-12-21)24(2,3)4/h7-14H,6,15-18H2,1-5H3,(H,25,27). The van der Waals surface area contributed by atoms with Crippen molar-refractivity contribution >= 4 is 21.6 Å². The van der Waals surface area contributed by atoms with Crippen LogP contribution in [0.15, 0.2) is 48.5 Å². The minimum atomic E-state index is -3.63. The maximum atomic E-state index is 12.4. The Kier molecular flexibility index (Phi) is 8.95. The second-order valence-corrected chi connectivity index (χ2v) is 10.5. The van der Waals surface area contributed by atoms with Gasteiger partial charge in [-0.2, -0.15) is 0 Å². The van der Waals surface area contributed by atoms with Gasteiger partial charge in [0.05, 0.1) is 25.1 Å². The normalized spacial score (nSPS) is 11.7. The van der Waals surface area contributed by atoms with E-state index in [1.807, 2.05) is 31.2 Å². The summed E-state index contributed by atoms with van der Waals surface area (Å²) in [7, 11) is -3.63. The quantitative estimate of drug-likeness (QED) is 0.514. The number of amides is 1. The van der Waals surface area contributed by atoms with E-state index in [4.69, 9.17) is 9.47 Å². The Morgan fingerprint density at radius 3 is 1.97 bits per heavy atom. The molecule has 0 fully saturated rings. The molecular weight excluding hydrogens is 428 g/mol. The third-order valence-electron chi connectivity index (χ3n) is 4.70. The third kappa shape index (κ3) is 8.07. The lowest BCUT2D eigenvalue weighted by Gasteiger charge is -2.22. The van der Waals surface area contributed by atoms with Gasteiger partial charge in [-0.3, -0.25) is 9.10 Å². The first-order chi connectivity index (χ1) is 15.0. The molecule has 0 radical (unpaired) electrons. The Morgan fingerprint density at radius 2 is 1.47 bits per heavy atom. The molecule has 2 aromatic carbocycles. The minimum absolute atomic E-state index is 0.0703. The van der Waals surface area contributed by atoms with Crippen LogP contribution in [0.2, 0.25) is 0 Å². The molecule has 0 unspecified atom stereocenters. The number of anilines is 1. The van der Waals surface area contributed by atoms with Crippen LogP contribution in [0, 0.1) is 0 Å². The molecule has 7 nitrogen and oxygen atoms in total. The Morgan fingerprint density at radius 1 is 0.938 bits per heavy atom. The smallest absolute Gasteiger partial charge is 0.240 e. The SMILES string of the molecule is CCCOc1ccc(N(CC(=O)NCCOc2ccc(C(C)(C)C)cc2)S(C)(=O)=O)cc1. The van der Waals surface area contributed by atoms with Gasteiger partial charge in [-0.25, -0.2) is 8.42 Å². The van der Waals surface area contributed by atoms with Crippen LogP contribution in [-0.2, 0) is 20.2 Å². The maximum absolute atomic E-state index is 12.4. The van der Waals surface area contributed by atoms with E-state index in [2.05, 4.69) is 26.1 Å². The molecule has 176 valence electrons. The molecular formula is C24H34N2O5S. The number of sulfonamides is 1. The van der Waals surface area contributed by atoms with Gasteiger partial charge in [-0.15, -0.1) is 0 Å². The fourth-order valence-corrected chi connectivity index (χ4v) is 3.78. The Balaban J connectivity index is 1.87. The zero-order valence-electron chi connectivity index (χ0n) is 19.6. The highest BCUT2D eigenvalue weighted by Crippen LogP contribution is 2.24. The van der Waals surface area contributed by atoms with Crippen molar-refractivity contribution in [3.63, 3.8) is 0 Å². The number of nitrogens with zero attached hydrogens (tertiary/aromatic N) is 1. The highest BCUT2D eigenvalue weighted by molar-refractivity contribution is 7.92. The van der Waals surface area contributed by atoms with Gasteiger partial charge in [-0.05, 0) is 53.8 Å². The van der Waals surface area contributed by atoms with Crippen molar-refractivity contribution in [1.82, 2.24) is 5.32 Å². The van der Waals surface area contributed by atoms with E-state index in [1.165, 1.54) is 5.56 Å². The van der Waals surface area contributed by atoms with E-state index in [-0.39, 0.29) is 25.1 Å². The first kappa shape index (κ1) is 25.5. The monoisotopic (exact) mass is 462 g/mol. The molecule has 8 heteroatoms. The van der Waals surface area contributed by atoms with Crippen LogP contribution in [0.4, 0.5) is 5.69 Å². The molecule has 0 bridgehead atoms. The molecule has 32 heavy (non-hydrogen) atoms. The first-order valence-corrected chi connectivity index (χ1v) is 12.6. The molecule has 2 rings (SSSR count). The van der Waals surface area contributed by atoms with Crippen LogP contribution in [-0.4, -0.2) is 46.9 Å². The molecule has 0 aliphatic heterocycles. The van der Waals surface area contributed by atoms with E-state index in [0.29, 0.717) is 18.0 Å². The van der Waals surface area contributed by atoms with Crippen molar-refractivity contribution in [2.75, 3.05) is 36.9 Å². The lowest BCUT2D eigenvalue weighted by Crippen LogP contribution is -2.41. The fourth-order valence-electron chi connectivity index (χ4n) is 2.93. The second-order valence-electron chi connectivity index (χ2n) is 8.58. The summed E-state index contributed by atoms with van der Waals surface area (Å²) in [5.41, 5.74) is 1.69. The Hall–Kier alpha value is -2.74. The Labute approximate surface area is 191 Å². The third-order valence-corrected chi connectivity index (χ3v) is 5.84. The topological polar surface area (TPSA) is 84.9 Å². The predicted molar refractivity (Wildman–Crippen MR) is 128 cm³/mol. The first-order valence-electron chi connectivity index (χ1n) is 10.7. The van der Waals surface area contributed by atoms with Crippen LogP contribution < -0.4 is 19.1 Å². The summed E-state index contributed by atoms with van der Waals surface area (Å²) in [6.45, 7) is 9.26. The van der Waals surface area contributed by atoms with Crippen molar-refractivity contribution in [2.24, 2.45) is 0 Å². The van der Waals surface area contributed by atoms with Crippen molar-refractivity contribution in [2.45, 2.75) is 39.5 Å². The number of carbonyl (C=O) groups is 1. The molecule has 2 aromatic rings. The number of ether oxygens (including phenoxy) is 2. The zero-order valence-corrected chi connectivity index (χ0v) is 20.4. The van der Waals surface area contributed by atoms with E-state index >= 15 is 0 Å². The summed E-state index contributed by atoms with van der Waals surface area (Å²) in [6.07, 6.45) is 1.95. The lowest BCUT2D eigenvalue weighted by atomic mass is 9.87. The number of benzene rings is 2. The van der Waals surface area contributed by atoms with Crippen molar-refractivity contribution < 1.29 is 22.7 Å². The highest BCUT2D eigenvalue weighted by atomic mass is 32.2. The van der Waals surface area contributed by atoms with Crippen molar-refractivity contribution in [3.8, 4) is 11.5 Å². The average Bonchev–Trinajstić information content (AvgIpc) is 2.73. The van der Waals surface area contributed by atoms with Crippen LogP contribution in [0.1, 0.15) is 39.7 Å². The van der Waals surface area contributed by atoms with Crippen LogP contribution in [0.25, 0.3) is 0 Å². The van der Waals surface area contributed by atoms with Gasteiger partial charge < -0.3 is 14.8 Å². The number of rotatable bonds is 11. The highest BCUT2D eigenvalue weighted by Gasteiger charge is 2.21. The zero-order chi connectivity index (χ0) is 23.8. The van der Waals surface area contributed by atoms with Crippen LogP contribution in [0.3, 0.4) is 0 Å². The van der Waals surface area contributed by atoms with Gasteiger partial charge in [0.1, 0.15) is 24.7 Å². The number of nitrogens with one attached hydrogen (secondary N) is 1. The van der Waals surface area contributed by atoms with Gasteiger partial charge >= 0.3 is 0 Å². The summed E-state index contributed by atoms with van der Waals surface area (Å²) < 4.78 is 36.7. The average molecular weight is 463 g/mol. The molecule has 0 saturated carbocycles. The molecule has 0 atom stereocenters. The summed E-state index contributed by atoms with van der Waals surface area (Å²) >= 11 is 0. The predicted octanol–water partition coefficient (Wildman–Crippen LogP) is 3.73. The molecule has 0 saturated heterocycles. The summed E-state index contributed by atoms with van der Waals surface area (Å²) in [5.74, 6) is 0.963. The molecule has 0 aliphatic rings. The van der Waals surface area contributed by atoms with Crippen molar-refractivity contribution in [3.05, 3.63) is 54.1 Å². The fraction of sp³-hybridized carbons (Fsp3) is 0.458. The molecule has 0 aromatic heterocycles. The summed E-state index contributed by atoms with van der Waals surface area (Å²) in [5, 5.41) is 2.71. The van der Waals surface area contributed by atoms with Crippen LogP contribution >= 0.6 is 0 Å². The number of carbonyl (C=O) groups excluding carboxylic acids is 1. The molecule has 0 spiro atoms. The summed E-state index contributed by atoms with van der Waals surface area (Å²) in [6, 6.07) is 14.5. The Bertz CT molecular complexity index is 965. The number of hydrogen-bond acceptors (Lipinski definition) is 5. The molecule has 1 N–H and O–H groups in total. The van der Waals surface area contributed by atoms with Gasteiger partial charge in [-0.1, -0.05) is 39.8 Å². The number of hydrogen-bond donors (Lipinski definition) is 1. The molecule has 0 aliphatic carbocycles. The molecule has 1 amide bonds. The van der Waals surface area contributed by atoms with E-state index < -0.39 is 15.9 Å². The second kappa shape index (κ2) is 11.2. The van der Waals surface area contributed by atoms with E-state index in [1.54, 1.807) is 24.3 Å². The van der Waals surface area contributed by atoms with E-state index in [0.717, 1.165) is 22.7 Å². The maximum Gasteiger partial charge on any atom is 0.240 e. The van der Waals surface area contributed by atoms with Gasteiger partial charge in [0.15, 0.2) is 0 Å².